The van der Waals surface area contributed by atoms with Crippen molar-refractivity contribution in [1.82, 2.24) is 10.2 Å². The Labute approximate surface area is 89.4 Å². The van der Waals surface area contributed by atoms with Crippen molar-refractivity contribution in [2.75, 3.05) is 6.54 Å². The maximum absolute atomic E-state index is 11.7. The molecule has 15 heavy (non-hydrogen) atoms. The van der Waals surface area contributed by atoms with Gasteiger partial charge in [0.15, 0.2) is 0 Å². The predicted molar refractivity (Wildman–Crippen MR) is 55.6 cm³/mol. The minimum absolute atomic E-state index is 0.219. The molecule has 0 saturated carbocycles. The Bertz CT molecular complexity index is 255. The zero-order valence-corrected chi connectivity index (χ0v) is 9.19. The number of nitrogens with one attached hydrogen (secondary N) is 1. The van der Waals surface area contributed by atoms with Crippen LogP contribution in [0.1, 0.15) is 33.1 Å². The number of aliphatic carboxylic acids is 1. The molecule has 0 radical (unpaired) electrons. The lowest BCUT2D eigenvalue weighted by molar-refractivity contribution is -0.139. The van der Waals surface area contributed by atoms with Crippen molar-refractivity contribution in [2.24, 2.45) is 0 Å². The summed E-state index contributed by atoms with van der Waals surface area (Å²) in [6, 6.07) is -0.809. The van der Waals surface area contributed by atoms with E-state index < -0.39 is 12.0 Å². The zero-order valence-electron chi connectivity index (χ0n) is 9.19. The molecule has 1 unspecified atom stereocenters. The van der Waals surface area contributed by atoms with E-state index in [9.17, 15) is 9.59 Å². The molecule has 1 rings (SSSR count). The second-order valence-corrected chi connectivity index (χ2v) is 3.93. The summed E-state index contributed by atoms with van der Waals surface area (Å²) in [6.07, 6.45) is 2.40. The first-order chi connectivity index (χ1) is 7.06. The van der Waals surface area contributed by atoms with E-state index in [4.69, 9.17) is 5.11 Å². The molecule has 0 aromatic heterocycles. The van der Waals surface area contributed by atoms with Gasteiger partial charge in [-0.1, -0.05) is 6.92 Å². The van der Waals surface area contributed by atoms with E-state index in [0.717, 1.165) is 19.4 Å². The van der Waals surface area contributed by atoms with Gasteiger partial charge in [0.1, 0.15) is 6.04 Å². The number of rotatable bonds is 3. The minimum Gasteiger partial charge on any atom is -0.480 e. The highest BCUT2D eigenvalue weighted by Gasteiger charge is 2.27. The Hall–Kier alpha value is -1.26. The summed E-state index contributed by atoms with van der Waals surface area (Å²) in [7, 11) is 0. The number of amides is 2. The summed E-state index contributed by atoms with van der Waals surface area (Å²) >= 11 is 0. The van der Waals surface area contributed by atoms with Crippen LogP contribution in [0.3, 0.4) is 0 Å². The topological polar surface area (TPSA) is 69.6 Å². The van der Waals surface area contributed by atoms with E-state index in [2.05, 4.69) is 5.32 Å². The van der Waals surface area contributed by atoms with Gasteiger partial charge in [-0.25, -0.2) is 9.59 Å². The van der Waals surface area contributed by atoms with Crippen molar-refractivity contribution in [2.45, 2.75) is 45.2 Å². The van der Waals surface area contributed by atoms with Crippen molar-refractivity contribution in [1.29, 1.82) is 0 Å². The maximum atomic E-state index is 11.7. The molecule has 5 nitrogen and oxygen atoms in total. The molecule has 1 aliphatic heterocycles. The van der Waals surface area contributed by atoms with Gasteiger partial charge in [-0.05, 0) is 26.2 Å². The lowest BCUT2D eigenvalue weighted by atomic mass is 10.2. The number of urea groups is 1. The third kappa shape index (κ3) is 2.84. The van der Waals surface area contributed by atoms with Crippen LogP contribution in [0.2, 0.25) is 0 Å². The number of carboxylic acid groups (broad SMARTS) is 1. The molecule has 2 amide bonds. The van der Waals surface area contributed by atoms with Gasteiger partial charge in [-0.3, -0.25) is 0 Å². The van der Waals surface area contributed by atoms with E-state index in [1.165, 1.54) is 0 Å². The first-order valence-electron chi connectivity index (χ1n) is 5.36. The normalized spacial score (nSPS) is 22.5. The fraction of sp³-hybridized carbons (Fsp3) is 0.800. The molecule has 1 saturated heterocycles. The summed E-state index contributed by atoms with van der Waals surface area (Å²) in [5.74, 6) is -0.974. The molecule has 2 N–H and O–H groups in total. The quantitative estimate of drug-likeness (QED) is 0.737. The zero-order chi connectivity index (χ0) is 11.4. The number of likely N-dealkylation sites (tertiary alicyclic amines) is 1. The molecule has 5 heteroatoms. The Morgan fingerprint density at radius 2 is 2.27 bits per heavy atom. The Balaban J connectivity index is 2.50. The summed E-state index contributed by atoms with van der Waals surface area (Å²) < 4.78 is 0. The molecular formula is C10H18N2O3. The lowest BCUT2D eigenvalue weighted by Gasteiger charge is -2.23. The molecule has 1 heterocycles. The Morgan fingerprint density at radius 3 is 2.67 bits per heavy atom. The molecule has 0 aliphatic carbocycles. The largest absolute Gasteiger partial charge is 0.480 e. The summed E-state index contributed by atoms with van der Waals surface area (Å²) in [6.45, 7) is 4.45. The first-order valence-corrected chi connectivity index (χ1v) is 5.36. The van der Waals surface area contributed by atoms with Gasteiger partial charge < -0.3 is 15.3 Å². The molecule has 1 fully saturated rings. The van der Waals surface area contributed by atoms with Crippen LogP contribution in [-0.2, 0) is 4.79 Å². The highest BCUT2D eigenvalue weighted by atomic mass is 16.4. The van der Waals surface area contributed by atoms with Crippen molar-refractivity contribution in [3.05, 3.63) is 0 Å². The fourth-order valence-electron chi connectivity index (χ4n) is 1.81. The molecule has 0 bridgehead atoms. The van der Waals surface area contributed by atoms with Crippen LogP contribution < -0.4 is 5.32 Å². The van der Waals surface area contributed by atoms with Gasteiger partial charge in [-0.2, -0.15) is 0 Å². The standard InChI is InChI=1S/C10H18N2O3/c1-3-8(9(13)14)11-10(15)12-6-4-5-7(12)2/h7-8H,3-6H2,1-2H3,(H,11,15)(H,13,14)/t7?,8-/m0/s1. The summed E-state index contributed by atoms with van der Waals surface area (Å²) in [5.41, 5.74) is 0. The summed E-state index contributed by atoms with van der Waals surface area (Å²) in [5, 5.41) is 11.3. The molecule has 86 valence electrons. The van der Waals surface area contributed by atoms with Crippen molar-refractivity contribution >= 4 is 12.0 Å². The van der Waals surface area contributed by atoms with Gasteiger partial charge in [0.25, 0.3) is 0 Å². The SMILES string of the molecule is CC[C@H](NC(=O)N1CCCC1C)C(=O)O. The number of carbonyl (C=O) groups excluding carboxylic acids is 1. The van der Waals surface area contributed by atoms with Gasteiger partial charge in [0, 0.05) is 12.6 Å². The molecule has 1 aliphatic rings. The molecule has 0 aromatic carbocycles. The number of hydrogen-bond donors (Lipinski definition) is 2. The van der Waals surface area contributed by atoms with Crippen molar-refractivity contribution in [3.8, 4) is 0 Å². The number of nitrogens with zero attached hydrogens (tertiary/aromatic N) is 1. The van der Waals surface area contributed by atoms with Crippen LogP contribution in [-0.4, -0.2) is 40.6 Å². The van der Waals surface area contributed by atoms with Gasteiger partial charge in [0.05, 0.1) is 0 Å². The Kier molecular flexibility index (Phi) is 3.94. The van der Waals surface area contributed by atoms with Gasteiger partial charge in [0.2, 0.25) is 0 Å². The van der Waals surface area contributed by atoms with E-state index in [1.807, 2.05) is 6.92 Å². The maximum Gasteiger partial charge on any atom is 0.326 e. The van der Waals surface area contributed by atoms with E-state index in [0.29, 0.717) is 6.42 Å². The minimum atomic E-state index is -0.974. The molecular weight excluding hydrogens is 196 g/mol. The third-order valence-electron chi connectivity index (χ3n) is 2.82. The van der Waals surface area contributed by atoms with Crippen LogP contribution in [0, 0.1) is 0 Å². The summed E-state index contributed by atoms with van der Waals surface area (Å²) in [4.78, 5) is 24.1. The predicted octanol–water partition coefficient (Wildman–Crippen LogP) is 1.04. The average molecular weight is 214 g/mol. The Morgan fingerprint density at radius 1 is 1.60 bits per heavy atom. The molecule has 0 spiro atoms. The van der Waals surface area contributed by atoms with Crippen LogP contribution in [0.4, 0.5) is 4.79 Å². The first kappa shape index (κ1) is 11.8. The number of hydrogen-bond acceptors (Lipinski definition) is 2. The van der Waals surface area contributed by atoms with Gasteiger partial charge >= 0.3 is 12.0 Å². The fourth-order valence-corrected chi connectivity index (χ4v) is 1.81. The third-order valence-corrected chi connectivity index (χ3v) is 2.82. The monoisotopic (exact) mass is 214 g/mol. The van der Waals surface area contributed by atoms with Gasteiger partial charge in [-0.15, -0.1) is 0 Å². The number of carbonyl (C=O) groups is 2. The van der Waals surface area contributed by atoms with Crippen molar-refractivity contribution < 1.29 is 14.7 Å². The second kappa shape index (κ2) is 5.00. The average Bonchev–Trinajstić information content (AvgIpc) is 2.60. The van der Waals surface area contributed by atoms with Crippen LogP contribution in [0.25, 0.3) is 0 Å². The number of carboxylic acids is 1. The van der Waals surface area contributed by atoms with E-state index in [-0.39, 0.29) is 12.1 Å². The van der Waals surface area contributed by atoms with Crippen LogP contribution in [0.15, 0.2) is 0 Å². The van der Waals surface area contributed by atoms with Crippen LogP contribution in [0.5, 0.6) is 0 Å². The second-order valence-electron chi connectivity index (χ2n) is 3.93. The van der Waals surface area contributed by atoms with E-state index >= 15 is 0 Å². The molecule has 2 atom stereocenters. The van der Waals surface area contributed by atoms with E-state index in [1.54, 1.807) is 11.8 Å². The molecule has 0 aromatic rings. The highest BCUT2D eigenvalue weighted by molar-refractivity contribution is 5.82. The smallest absolute Gasteiger partial charge is 0.326 e. The highest BCUT2D eigenvalue weighted by Crippen LogP contribution is 2.16. The van der Waals surface area contributed by atoms with Crippen LogP contribution >= 0.6 is 0 Å². The lowest BCUT2D eigenvalue weighted by Crippen LogP contribution is -2.48. The van der Waals surface area contributed by atoms with Crippen molar-refractivity contribution in [3.63, 3.8) is 0 Å².